The van der Waals surface area contributed by atoms with Gasteiger partial charge in [-0.15, -0.1) is 11.3 Å². The molecule has 3 heterocycles. The first kappa shape index (κ1) is 19.4. The van der Waals surface area contributed by atoms with Crippen LogP contribution in [0.1, 0.15) is 11.3 Å². The van der Waals surface area contributed by atoms with Crippen LogP contribution in [0.4, 0.5) is 20.4 Å². The number of rotatable bonds is 5. The normalized spacial score (nSPS) is 11.4. The molecule has 0 aliphatic carbocycles. The van der Waals surface area contributed by atoms with Crippen LogP contribution in [-0.2, 0) is 6.54 Å². The largest absolute Gasteiger partial charge is 0.325 e. The Hall–Kier alpha value is -2.97. The van der Waals surface area contributed by atoms with Gasteiger partial charge in [0.2, 0.25) is 0 Å². The van der Waals surface area contributed by atoms with Crippen LogP contribution >= 0.6 is 11.3 Å². The van der Waals surface area contributed by atoms with Crippen LogP contribution in [0.3, 0.4) is 0 Å². The minimum atomic E-state index is -0.632. The summed E-state index contributed by atoms with van der Waals surface area (Å²) in [5.41, 5.74) is 2.60. The second-order valence-electron chi connectivity index (χ2n) is 6.98. The molecule has 8 heteroatoms. The highest BCUT2D eigenvalue weighted by Crippen LogP contribution is 2.34. The number of nitrogens with one attached hydrogen (secondary N) is 1. The molecule has 0 saturated carbocycles. The van der Waals surface area contributed by atoms with E-state index < -0.39 is 11.6 Å². The van der Waals surface area contributed by atoms with Gasteiger partial charge in [0.1, 0.15) is 28.3 Å². The maximum Gasteiger partial charge on any atom is 0.136 e. The molecule has 1 N–H and O–H groups in total. The summed E-state index contributed by atoms with van der Waals surface area (Å²) in [5.74, 6) is -0.0225. The summed E-state index contributed by atoms with van der Waals surface area (Å²) >= 11 is 1.20. The third kappa shape index (κ3) is 4.08. The highest BCUT2D eigenvalue weighted by Gasteiger charge is 2.16. The maximum absolute atomic E-state index is 14.1. The quantitative estimate of drug-likeness (QED) is 0.493. The predicted molar refractivity (Wildman–Crippen MR) is 112 cm³/mol. The summed E-state index contributed by atoms with van der Waals surface area (Å²) in [6.45, 7) is 2.76. The van der Waals surface area contributed by atoms with Gasteiger partial charge in [-0.1, -0.05) is 12.1 Å². The highest BCUT2D eigenvalue weighted by atomic mass is 32.1. The molecule has 4 rings (SSSR count). The van der Waals surface area contributed by atoms with Gasteiger partial charge < -0.3 is 10.2 Å². The first-order valence-corrected chi connectivity index (χ1v) is 9.81. The Morgan fingerprint density at radius 3 is 2.52 bits per heavy atom. The Labute approximate surface area is 171 Å². The van der Waals surface area contributed by atoms with Crippen LogP contribution in [-0.4, -0.2) is 33.9 Å². The molecule has 0 amide bonds. The van der Waals surface area contributed by atoms with Crippen LogP contribution in [0.5, 0.6) is 0 Å². The lowest BCUT2D eigenvalue weighted by molar-refractivity contribution is 0.396. The molecule has 0 fully saturated rings. The maximum atomic E-state index is 14.1. The number of hydrogen-bond donors (Lipinski definition) is 1. The Bertz CT molecular complexity index is 1170. The van der Waals surface area contributed by atoms with Gasteiger partial charge in [-0.2, -0.15) is 0 Å². The number of aryl methyl sites for hydroxylation is 1. The number of aromatic nitrogens is 3. The molecule has 0 radical (unpaired) electrons. The second-order valence-corrected chi connectivity index (χ2v) is 8.01. The predicted octanol–water partition coefficient (Wildman–Crippen LogP) is 5.15. The Morgan fingerprint density at radius 2 is 1.79 bits per heavy atom. The summed E-state index contributed by atoms with van der Waals surface area (Å²) in [7, 11) is 3.99. The fourth-order valence-corrected chi connectivity index (χ4v) is 3.91. The molecular formula is C21H19F2N5S. The zero-order chi connectivity index (χ0) is 20.5. The smallest absolute Gasteiger partial charge is 0.136 e. The van der Waals surface area contributed by atoms with Gasteiger partial charge >= 0.3 is 0 Å². The average Bonchev–Trinajstić information content (AvgIpc) is 3.06. The van der Waals surface area contributed by atoms with E-state index in [2.05, 4.69) is 25.2 Å². The molecule has 0 bridgehead atoms. The van der Waals surface area contributed by atoms with Crippen LogP contribution in [0, 0.1) is 18.6 Å². The van der Waals surface area contributed by atoms with Crippen molar-refractivity contribution in [2.24, 2.45) is 0 Å². The first-order chi connectivity index (χ1) is 13.9. The fourth-order valence-electron chi connectivity index (χ4n) is 2.94. The van der Waals surface area contributed by atoms with Gasteiger partial charge in [0, 0.05) is 18.8 Å². The van der Waals surface area contributed by atoms with Crippen molar-refractivity contribution in [3.8, 4) is 10.6 Å². The number of fused-ring (bicyclic) bond motifs is 1. The Morgan fingerprint density at radius 1 is 1.03 bits per heavy atom. The molecule has 0 spiro atoms. The highest BCUT2D eigenvalue weighted by molar-refractivity contribution is 7.21. The number of thiazole rings is 1. The standard InChI is InChI=1S/C21H19F2N5S/c1-12-7-8-18(25-16(12)11-28(2)3)27-19-9-15-17(10-24-19)29-21(26-15)20-13(22)5-4-6-14(20)23/h4-10H,11H2,1-3H3,(H,24,25,27). The lowest BCUT2D eigenvalue weighted by Gasteiger charge is -2.13. The van der Waals surface area contributed by atoms with E-state index in [0.29, 0.717) is 17.2 Å². The van der Waals surface area contributed by atoms with Crippen molar-refractivity contribution < 1.29 is 8.78 Å². The SMILES string of the molecule is Cc1ccc(Nc2cc3nc(-c4c(F)cccc4F)sc3cn2)nc1CN(C)C. The molecule has 5 nitrogen and oxygen atoms in total. The number of hydrogen-bond acceptors (Lipinski definition) is 6. The van der Waals surface area contributed by atoms with Crippen molar-refractivity contribution in [1.29, 1.82) is 0 Å². The molecular weight excluding hydrogens is 392 g/mol. The summed E-state index contributed by atoms with van der Waals surface area (Å²) in [5, 5.41) is 3.47. The third-order valence-corrected chi connectivity index (χ3v) is 5.40. The molecule has 0 saturated heterocycles. The van der Waals surface area contributed by atoms with Crippen LogP contribution in [0.15, 0.2) is 42.6 Å². The van der Waals surface area contributed by atoms with Crippen molar-refractivity contribution in [2.75, 3.05) is 19.4 Å². The number of benzene rings is 1. The van der Waals surface area contributed by atoms with Crippen molar-refractivity contribution in [3.63, 3.8) is 0 Å². The lowest BCUT2D eigenvalue weighted by Crippen LogP contribution is -2.13. The number of pyridine rings is 2. The van der Waals surface area contributed by atoms with Gasteiger partial charge in [0.15, 0.2) is 0 Å². The van der Waals surface area contributed by atoms with E-state index in [0.717, 1.165) is 22.5 Å². The lowest BCUT2D eigenvalue weighted by atomic mass is 10.2. The van der Waals surface area contributed by atoms with E-state index >= 15 is 0 Å². The molecule has 148 valence electrons. The van der Waals surface area contributed by atoms with Crippen molar-refractivity contribution >= 4 is 33.2 Å². The van der Waals surface area contributed by atoms with Crippen LogP contribution in [0.25, 0.3) is 20.8 Å². The second kappa shape index (κ2) is 7.81. The fraction of sp³-hybridized carbons (Fsp3) is 0.190. The van der Waals surface area contributed by atoms with Crippen molar-refractivity contribution in [1.82, 2.24) is 19.9 Å². The minimum Gasteiger partial charge on any atom is -0.325 e. The third-order valence-electron chi connectivity index (χ3n) is 4.38. The van der Waals surface area contributed by atoms with Crippen LogP contribution in [0.2, 0.25) is 0 Å². The molecule has 29 heavy (non-hydrogen) atoms. The first-order valence-electron chi connectivity index (χ1n) is 9.00. The minimum absolute atomic E-state index is 0.114. The van der Waals surface area contributed by atoms with Gasteiger partial charge in [-0.25, -0.2) is 23.7 Å². The van der Waals surface area contributed by atoms with Crippen LogP contribution < -0.4 is 5.32 Å². The van der Waals surface area contributed by atoms with Gasteiger partial charge in [-0.05, 0) is 44.8 Å². The van der Waals surface area contributed by atoms with Gasteiger partial charge in [0.25, 0.3) is 0 Å². The number of anilines is 2. The van der Waals surface area contributed by atoms with E-state index in [1.807, 2.05) is 33.2 Å². The van der Waals surface area contributed by atoms with E-state index in [4.69, 9.17) is 0 Å². The molecule has 0 atom stereocenters. The number of halogens is 2. The number of nitrogens with zero attached hydrogens (tertiary/aromatic N) is 4. The van der Waals surface area contributed by atoms with E-state index in [-0.39, 0.29) is 10.6 Å². The van der Waals surface area contributed by atoms with E-state index in [9.17, 15) is 8.78 Å². The molecule has 3 aromatic heterocycles. The monoisotopic (exact) mass is 411 g/mol. The molecule has 0 aliphatic heterocycles. The molecule has 4 aromatic rings. The summed E-state index contributed by atoms with van der Waals surface area (Å²) in [6, 6.07) is 9.44. The van der Waals surface area contributed by atoms with E-state index in [1.54, 1.807) is 12.3 Å². The molecule has 0 aliphatic rings. The zero-order valence-electron chi connectivity index (χ0n) is 16.2. The molecule has 1 aromatic carbocycles. The van der Waals surface area contributed by atoms with Crippen molar-refractivity contribution in [2.45, 2.75) is 13.5 Å². The molecule has 0 unspecified atom stereocenters. The van der Waals surface area contributed by atoms with E-state index in [1.165, 1.54) is 29.5 Å². The topological polar surface area (TPSA) is 53.9 Å². The summed E-state index contributed by atoms with van der Waals surface area (Å²) in [4.78, 5) is 15.5. The van der Waals surface area contributed by atoms with Gasteiger partial charge in [-0.3, -0.25) is 0 Å². The Balaban J connectivity index is 1.65. The zero-order valence-corrected chi connectivity index (χ0v) is 17.0. The van der Waals surface area contributed by atoms with Crippen molar-refractivity contribution in [3.05, 3.63) is 65.5 Å². The van der Waals surface area contributed by atoms with Gasteiger partial charge in [0.05, 0.1) is 21.5 Å². The summed E-state index contributed by atoms with van der Waals surface area (Å²) in [6.07, 6.45) is 1.65. The average molecular weight is 411 g/mol. The summed E-state index contributed by atoms with van der Waals surface area (Å²) < 4.78 is 28.9. The Kier molecular flexibility index (Phi) is 5.21.